The molecular formula is C10H15FN2. The van der Waals surface area contributed by atoms with Crippen LogP contribution in [0.4, 0.5) is 4.39 Å². The van der Waals surface area contributed by atoms with Crippen LogP contribution in [0, 0.1) is 11.2 Å². The first-order valence-corrected chi connectivity index (χ1v) is 4.29. The molecular weight excluding hydrogens is 167 g/mol. The van der Waals surface area contributed by atoms with Gasteiger partial charge in [-0.05, 0) is 17.5 Å². The van der Waals surface area contributed by atoms with Crippen molar-refractivity contribution in [1.29, 1.82) is 0 Å². The van der Waals surface area contributed by atoms with Crippen molar-refractivity contribution in [3.63, 3.8) is 0 Å². The highest BCUT2D eigenvalue weighted by Gasteiger charge is 2.25. The van der Waals surface area contributed by atoms with E-state index in [9.17, 15) is 4.39 Å². The molecule has 0 bridgehead atoms. The van der Waals surface area contributed by atoms with Gasteiger partial charge >= 0.3 is 0 Å². The van der Waals surface area contributed by atoms with E-state index < -0.39 is 0 Å². The van der Waals surface area contributed by atoms with E-state index in [0.717, 1.165) is 0 Å². The maximum atomic E-state index is 13.2. The van der Waals surface area contributed by atoms with Crippen molar-refractivity contribution >= 4 is 0 Å². The molecule has 1 aromatic heterocycles. The molecule has 0 aliphatic carbocycles. The summed E-state index contributed by atoms with van der Waals surface area (Å²) in [5, 5.41) is 0. The van der Waals surface area contributed by atoms with E-state index in [4.69, 9.17) is 5.73 Å². The standard InChI is InChI=1S/C10H15FN2/c1-10(2,3)9(12)8-7(11)5-4-6-13-8/h4-6,9H,12H2,1-3H3. The molecule has 0 fully saturated rings. The quantitative estimate of drug-likeness (QED) is 0.723. The first-order chi connectivity index (χ1) is 5.93. The minimum absolute atomic E-state index is 0.171. The van der Waals surface area contributed by atoms with E-state index in [1.165, 1.54) is 6.07 Å². The molecule has 1 unspecified atom stereocenters. The van der Waals surface area contributed by atoms with Crippen molar-refractivity contribution in [3.8, 4) is 0 Å². The number of hydrogen-bond acceptors (Lipinski definition) is 2. The van der Waals surface area contributed by atoms with Gasteiger partial charge in [-0.2, -0.15) is 0 Å². The van der Waals surface area contributed by atoms with Gasteiger partial charge < -0.3 is 5.73 Å². The lowest BCUT2D eigenvalue weighted by Gasteiger charge is -2.26. The van der Waals surface area contributed by atoms with Crippen molar-refractivity contribution in [2.75, 3.05) is 0 Å². The maximum absolute atomic E-state index is 13.2. The lowest BCUT2D eigenvalue weighted by Crippen LogP contribution is -2.28. The molecule has 3 heteroatoms. The van der Waals surface area contributed by atoms with E-state index in [0.29, 0.717) is 5.69 Å². The molecule has 1 rings (SSSR count). The van der Waals surface area contributed by atoms with Gasteiger partial charge in [0.25, 0.3) is 0 Å². The molecule has 1 aromatic rings. The molecule has 13 heavy (non-hydrogen) atoms. The number of nitrogens with zero attached hydrogens (tertiary/aromatic N) is 1. The van der Waals surface area contributed by atoms with Gasteiger partial charge in [0.05, 0.1) is 11.7 Å². The fourth-order valence-electron chi connectivity index (χ4n) is 1.04. The second-order valence-electron chi connectivity index (χ2n) is 4.21. The van der Waals surface area contributed by atoms with Crippen LogP contribution in [-0.4, -0.2) is 4.98 Å². The fraction of sp³-hybridized carbons (Fsp3) is 0.500. The van der Waals surface area contributed by atoms with Gasteiger partial charge in [-0.25, -0.2) is 4.39 Å². The topological polar surface area (TPSA) is 38.9 Å². The summed E-state index contributed by atoms with van der Waals surface area (Å²) >= 11 is 0. The van der Waals surface area contributed by atoms with Crippen LogP contribution >= 0.6 is 0 Å². The molecule has 0 radical (unpaired) electrons. The van der Waals surface area contributed by atoms with Crippen LogP contribution in [0.5, 0.6) is 0 Å². The van der Waals surface area contributed by atoms with Crippen LogP contribution < -0.4 is 5.73 Å². The number of nitrogens with two attached hydrogens (primary N) is 1. The molecule has 2 nitrogen and oxygen atoms in total. The summed E-state index contributed by atoms with van der Waals surface area (Å²) in [5.41, 5.74) is 6.04. The predicted octanol–water partition coefficient (Wildman–Crippen LogP) is 2.27. The highest BCUT2D eigenvalue weighted by Crippen LogP contribution is 2.30. The van der Waals surface area contributed by atoms with E-state index in [-0.39, 0.29) is 17.3 Å². The van der Waals surface area contributed by atoms with Crippen LogP contribution in [-0.2, 0) is 0 Å². The Balaban J connectivity index is 3.02. The number of hydrogen-bond donors (Lipinski definition) is 1. The van der Waals surface area contributed by atoms with Crippen LogP contribution in [0.1, 0.15) is 32.5 Å². The second kappa shape index (κ2) is 3.42. The Kier molecular flexibility index (Phi) is 2.66. The van der Waals surface area contributed by atoms with Crippen LogP contribution in [0.25, 0.3) is 0 Å². The Morgan fingerprint density at radius 1 is 1.46 bits per heavy atom. The van der Waals surface area contributed by atoms with Gasteiger partial charge in [-0.1, -0.05) is 20.8 Å². The van der Waals surface area contributed by atoms with Crippen LogP contribution in [0.2, 0.25) is 0 Å². The lowest BCUT2D eigenvalue weighted by atomic mass is 9.85. The minimum Gasteiger partial charge on any atom is -0.322 e. The Morgan fingerprint density at radius 2 is 2.08 bits per heavy atom. The zero-order valence-corrected chi connectivity index (χ0v) is 8.21. The minimum atomic E-state index is -0.367. The summed E-state index contributed by atoms with van der Waals surface area (Å²) in [6.45, 7) is 5.89. The predicted molar refractivity (Wildman–Crippen MR) is 50.6 cm³/mol. The Hall–Kier alpha value is -0.960. The normalized spacial score (nSPS) is 14.2. The largest absolute Gasteiger partial charge is 0.322 e. The number of rotatable bonds is 1. The van der Waals surface area contributed by atoms with Crippen molar-refractivity contribution in [1.82, 2.24) is 4.98 Å². The van der Waals surface area contributed by atoms with E-state index in [1.54, 1.807) is 12.3 Å². The van der Waals surface area contributed by atoms with Crippen molar-refractivity contribution in [3.05, 3.63) is 29.8 Å². The summed E-state index contributed by atoms with van der Waals surface area (Å²) in [7, 11) is 0. The molecule has 72 valence electrons. The molecule has 0 aromatic carbocycles. The lowest BCUT2D eigenvalue weighted by molar-refractivity contribution is 0.313. The van der Waals surface area contributed by atoms with Gasteiger partial charge in [0.2, 0.25) is 0 Å². The van der Waals surface area contributed by atoms with Crippen molar-refractivity contribution < 1.29 is 4.39 Å². The Labute approximate surface area is 78.0 Å². The zero-order valence-electron chi connectivity index (χ0n) is 8.21. The summed E-state index contributed by atoms with van der Waals surface area (Å²) in [4.78, 5) is 3.94. The third-order valence-corrected chi connectivity index (χ3v) is 2.01. The molecule has 0 amide bonds. The van der Waals surface area contributed by atoms with Gasteiger partial charge in [0.15, 0.2) is 0 Å². The zero-order chi connectivity index (χ0) is 10.1. The smallest absolute Gasteiger partial charge is 0.146 e. The molecule has 1 heterocycles. The van der Waals surface area contributed by atoms with Crippen LogP contribution in [0.3, 0.4) is 0 Å². The first kappa shape index (κ1) is 10.1. The Morgan fingerprint density at radius 3 is 2.54 bits per heavy atom. The van der Waals surface area contributed by atoms with E-state index in [1.807, 2.05) is 20.8 Å². The molecule has 0 saturated heterocycles. The number of halogens is 1. The molecule has 0 saturated carbocycles. The monoisotopic (exact) mass is 182 g/mol. The molecule has 0 aliphatic heterocycles. The van der Waals surface area contributed by atoms with Gasteiger partial charge in [-0.15, -0.1) is 0 Å². The van der Waals surface area contributed by atoms with Crippen LogP contribution in [0.15, 0.2) is 18.3 Å². The van der Waals surface area contributed by atoms with Gasteiger partial charge in [0.1, 0.15) is 5.82 Å². The third-order valence-electron chi connectivity index (χ3n) is 2.01. The summed E-state index contributed by atoms with van der Waals surface area (Å²) in [5.74, 6) is -0.329. The van der Waals surface area contributed by atoms with Crippen molar-refractivity contribution in [2.24, 2.45) is 11.1 Å². The molecule has 1 atom stereocenters. The second-order valence-corrected chi connectivity index (χ2v) is 4.21. The number of pyridine rings is 1. The van der Waals surface area contributed by atoms with Crippen molar-refractivity contribution in [2.45, 2.75) is 26.8 Å². The first-order valence-electron chi connectivity index (χ1n) is 4.29. The number of aromatic nitrogens is 1. The van der Waals surface area contributed by atoms with Gasteiger partial charge in [0, 0.05) is 6.20 Å². The maximum Gasteiger partial charge on any atom is 0.146 e. The van der Waals surface area contributed by atoms with E-state index in [2.05, 4.69) is 4.98 Å². The Bertz CT molecular complexity index is 291. The summed E-state index contributed by atoms with van der Waals surface area (Å²) < 4.78 is 13.2. The summed E-state index contributed by atoms with van der Waals surface area (Å²) in [6, 6.07) is 2.58. The van der Waals surface area contributed by atoms with Gasteiger partial charge in [-0.3, -0.25) is 4.98 Å². The fourth-order valence-corrected chi connectivity index (χ4v) is 1.04. The average molecular weight is 182 g/mol. The molecule has 0 spiro atoms. The molecule has 2 N–H and O–H groups in total. The van der Waals surface area contributed by atoms with E-state index >= 15 is 0 Å². The highest BCUT2D eigenvalue weighted by atomic mass is 19.1. The summed E-state index contributed by atoms with van der Waals surface area (Å²) in [6.07, 6.45) is 1.56. The average Bonchev–Trinajstić information content (AvgIpc) is 2.02. The highest BCUT2D eigenvalue weighted by molar-refractivity contribution is 5.13. The SMILES string of the molecule is CC(C)(C)C(N)c1ncccc1F. The molecule has 0 aliphatic rings. The third kappa shape index (κ3) is 2.25.